The molecule has 3 heteroatoms. The molecule has 2 aromatic rings. The Morgan fingerprint density at radius 2 is 2.11 bits per heavy atom. The van der Waals surface area contributed by atoms with Crippen LogP contribution in [0.15, 0.2) is 42.5 Å². The first-order chi connectivity index (χ1) is 9.22. The van der Waals surface area contributed by atoms with Gasteiger partial charge in [0.15, 0.2) is 0 Å². The number of hydrogen-bond acceptors (Lipinski definition) is 3. The molecular weight excluding hydrogens is 236 g/mol. The summed E-state index contributed by atoms with van der Waals surface area (Å²) < 4.78 is 5.91. The quantitative estimate of drug-likeness (QED) is 0.828. The molecular formula is C16H18N2O. The minimum absolute atomic E-state index is 0.203. The summed E-state index contributed by atoms with van der Waals surface area (Å²) in [4.78, 5) is 0. The summed E-state index contributed by atoms with van der Waals surface area (Å²) in [6.07, 6.45) is 1.17. The van der Waals surface area contributed by atoms with Crippen molar-refractivity contribution in [3.63, 3.8) is 0 Å². The van der Waals surface area contributed by atoms with Crippen LogP contribution in [-0.4, -0.2) is 12.6 Å². The molecule has 0 aliphatic carbocycles. The maximum Gasteiger partial charge on any atom is 0.123 e. The third-order valence-electron chi connectivity index (χ3n) is 3.48. The van der Waals surface area contributed by atoms with Gasteiger partial charge in [-0.15, -0.1) is 0 Å². The van der Waals surface area contributed by atoms with Gasteiger partial charge in [-0.3, -0.25) is 0 Å². The number of ether oxygens (including phenoxy) is 1. The molecule has 0 aromatic heterocycles. The van der Waals surface area contributed by atoms with Crippen LogP contribution in [0.5, 0.6) is 5.75 Å². The molecule has 3 nitrogen and oxygen atoms in total. The molecule has 1 atom stereocenters. The van der Waals surface area contributed by atoms with Crippen LogP contribution in [0.2, 0.25) is 0 Å². The van der Waals surface area contributed by atoms with Crippen molar-refractivity contribution in [1.29, 1.82) is 0 Å². The van der Waals surface area contributed by atoms with Gasteiger partial charge in [-0.1, -0.05) is 18.2 Å². The van der Waals surface area contributed by atoms with Crippen molar-refractivity contribution in [1.82, 2.24) is 0 Å². The monoisotopic (exact) mass is 254 g/mol. The molecule has 0 bridgehead atoms. The van der Waals surface area contributed by atoms with Crippen LogP contribution in [0.1, 0.15) is 11.1 Å². The van der Waals surface area contributed by atoms with Crippen LogP contribution in [0, 0.1) is 6.92 Å². The molecule has 1 aliphatic heterocycles. The predicted octanol–water partition coefficient (Wildman–Crippen LogP) is 2.99. The van der Waals surface area contributed by atoms with Crippen LogP contribution in [0.3, 0.4) is 0 Å². The van der Waals surface area contributed by atoms with Crippen molar-refractivity contribution in [2.24, 2.45) is 0 Å². The summed E-state index contributed by atoms with van der Waals surface area (Å²) in [6.45, 7) is 2.86. The lowest BCUT2D eigenvalue weighted by molar-refractivity contribution is 0.246. The van der Waals surface area contributed by atoms with Crippen molar-refractivity contribution in [3.05, 3.63) is 53.6 Å². The molecule has 0 fully saturated rings. The highest BCUT2D eigenvalue weighted by Crippen LogP contribution is 2.28. The highest BCUT2D eigenvalue weighted by atomic mass is 16.5. The number of aryl methyl sites for hydroxylation is 1. The first kappa shape index (κ1) is 11.9. The second kappa shape index (κ2) is 4.84. The number of nitrogens with two attached hydrogens (primary N) is 1. The Hall–Kier alpha value is -2.16. The molecule has 0 spiro atoms. The number of anilines is 2. The van der Waals surface area contributed by atoms with E-state index in [0.29, 0.717) is 0 Å². The molecule has 0 amide bonds. The fourth-order valence-electron chi connectivity index (χ4n) is 2.48. The summed E-state index contributed by atoms with van der Waals surface area (Å²) in [5, 5.41) is 3.44. The Bertz CT molecular complexity index is 570. The first-order valence-electron chi connectivity index (χ1n) is 6.57. The Labute approximate surface area is 113 Å². The largest absolute Gasteiger partial charge is 0.488 e. The summed E-state index contributed by atoms with van der Waals surface area (Å²) in [5.41, 5.74) is 10.1. The summed E-state index contributed by atoms with van der Waals surface area (Å²) in [6, 6.07) is 14.1. The highest BCUT2D eigenvalue weighted by Gasteiger charge is 2.21. The van der Waals surface area contributed by atoms with E-state index in [1.54, 1.807) is 0 Å². The van der Waals surface area contributed by atoms with Gasteiger partial charge in [0.1, 0.15) is 11.9 Å². The molecule has 0 saturated carbocycles. The van der Waals surface area contributed by atoms with Crippen molar-refractivity contribution < 1.29 is 4.74 Å². The average molecular weight is 254 g/mol. The van der Waals surface area contributed by atoms with Crippen LogP contribution in [-0.2, 0) is 6.42 Å². The van der Waals surface area contributed by atoms with Gasteiger partial charge in [-0.25, -0.2) is 0 Å². The molecule has 0 saturated heterocycles. The summed E-state index contributed by atoms with van der Waals surface area (Å²) in [7, 11) is 0. The maximum absolute atomic E-state index is 5.91. The highest BCUT2D eigenvalue weighted by molar-refractivity contribution is 5.57. The Morgan fingerprint density at radius 3 is 2.89 bits per heavy atom. The second-order valence-electron chi connectivity index (χ2n) is 5.01. The number of rotatable bonds is 3. The van der Waals surface area contributed by atoms with Gasteiger partial charge in [0.2, 0.25) is 0 Å². The molecule has 2 aromatic carbocycles. The standard InChI is InChI=1S/C16H18N2O/c1-11-8-13(17)6-7-15(11)18-10-14-9-12-4-2-3-5-16(12)19-14/h2-8,14,18H,9-10,17H2,1H3. The lowest BCUT2D eigenvalue weighted by Gasteiger charge is -2.14. The van der Waals surface area contributed by atoms with Crippen LogP contribution in [0.25, 0.3) is 0 Å². The summed E-state index contributed by atoms with van der Waals surface area (Å²) >= 11 is 0. The van der Waals surface area contributed by atoms with Crippen molar-refractivity contribution in [3.8, 4) is 5.75 Å². The van der Waals surface area contributed by atoms with Gasteiger partial charge >= 0.3 is 0 Å². The Morgan fingerprint density at radius 1 is 1.26 bits per heavy atom. The van der Waals surface area contributed by atoms with Gasteiger partial charge < -0.3 is 15.8 Å². The van der Waals surface area contributed by atoms with Crippen molar-refractivity contribution in [2.75, 3.05) is 17.6 Å². The SMILES string of the molecule is Cc1cc(N)ccc1NCC1Cc2ccccc2O1. The molecule has 1 aliphatic rings. The van der Waals surface area contributed by atoms with Crippen molar-refractivity contribution in [2.45, 2.75) is 19.4 Å². The van der Waals surface area contributed by atoms with Gasteiger partial charge in [-0.05, 0) is 42.3 Å². The van der Waals surface area contributed by atoms with E-state index < -0.39 is 0 Å². The fourth-order valence-corrected chi connectivity index (χ4v) is 2.48. The van der Waals surface area contributed by atoms with E-state index in [2.05, 4.69) is 24.4 Å². The zero-order valence-electron chi connectivity index (χ0n) is 11.0. The van der Waals surface area contributed by atoms with E-state index in [1.165, 1.54) is 5.56 Å². The number of hydrogen-bond donors (Lipinski definition) is 2. The van der Waals surface area contributed by atoms with E-state index in [9.17, 15) is 0 Å². The van der Waals surface area contributed by atoms with E-state index in [0.717, 1.165) is 35.7 Å². The maximum atomic E-state index is 5.91. The third-order valence-corrected chi connectivity index (χ3v) is 3.48. The van der Waals surface area contributed by atoms with Crippen LogP contribution < -0.4 is 15.8 Å². The minimum atomic E-state index is 0.203. The lowest BCUT2D eigenvalue weighted by Crippen LogP contribution is -2.24. The predicted molar refractivity (Wildman–Crippen MR) is 78.6 cm³/mol. The summed E-state index contributed by atoms with van der Waals surface area (Å²) in [5.74, 6) is 1.02. The zero-order chi connectivity index (χ0) is 13.2. The molecule has 19 heavy (non-hydrogen) atoms. The molecule has 3 rings (SSSR count). The van der Waals surface area contributed by atoms with Gasteiger partial charge in [-0.2, -0.15) is 0 Å². The van der Waals surface area contributed by atoms with E-state index in [-0.39, 0.29) is 6.10 Å². The smallest absolute Gasteiger partial charge is 0.123 e. The average Bonchev–Trinajstić information content (AvgIpc) is 2.80. The van der Waals surface area contributed by atoms with E-state index >= 15 is 0 Å². The minimum Gasteiger partial charge on any atom is -0.488 e. The van der Waals surface area contributed by atoms with E-state index in [4.69, 9.17) is 10.5 Å². The van der Waals surface area contributed by atoms with E-state index in [1.807, 2.05) is 30.3 Å². The molecule has 3 N–H and O–H groups in total. The molecule has 1 unspecified atom stereocenters. The molecule has 0 radical (unpaired) electrons. The molecule has 98 valence electrons. The third kappa shape index (κ3) is 2.50. The number of para-hydroxylation sites is 1. The zero-order valence-corrected chi connectivity index (χ0v) is 11.0. The number of fused-ring (bicyclic) bond motifs is 1. The van der Waals surface area contributed by atoms with Crippen LogP contribution in [0.4, 0.5) is 11.4 Å². The normalized spacial score (nSPS) is 16.8. The second-order valence-corrected chi connectivity index (χ2v) is 5.01. The van der Waals surface area contributed by atoms with Crippen molar-refractivity contribution >= 4 is 11.4 Å². The van der Waals surface area contributed by atoms with Gasteiger partial charge in [0, 0.05) is 17.8 Å². The fraction of sp³-hybridized carbons (Fsp3) is 0.250. The van der Waals surface area contributed by atoms with Gasteiger partial charge in [0.05, 0.1) is 6.54 Å². The topological polar surface area (TPSA) is 47.3 Å². The number of benzene rings is 2. The Balaban J connectivity index is 1.63. The van der Waals surface area contributed by atoms with Gasteiger partial charge in [0.25, 0.3) is 0 Å². The number of nitrogen functional groups attached to an aromatic ring is 1. The Kier molecular flexibility index (Phi) is 3.03. The van der Waals surface area contributed by atoms with Crippen LogP contribution >= 0.6 is 0 Å². The first-order valence-corrected chi connectivity index (χ1v) is 6.57. The number of nitrogens with one attached hydrogen (secondary N) is 1. The molecule has 1 heterocycles. The lowest BCUT2D eigenvalue weighted by atomic mass is 10.1.